The quantitative estimate of drug-likeness (QED) is 0.450. The molecule has 0 spiro atoms. The van der Waals surface area contributed by atoms with Crippen LogP contribution < -0.4 is 0 Å². The van der Waals surface area contributed by atoms with E-state index in [0.717, 1.165) is 10.8 Å². The van der Waals surface area contributed by atoms with E-state index in [1.165, 1.54) is 0 Å². The van der Waals surface area contributed by atoms with Gasteiger partial charge in [0.1, 0.15) is 0 Å². The van der Waals surface area contributed by atoms with Gasteiger partial charge in [-0.1, -0.05) is 28.7 Å². The molecule has 1 aliphatic heterocycles. The molecule has 1 rings (SSSR count). The predicted octanol–water partition coefficient (Wildman–Crippen LogP) is 2.52. The molecule has 0 fully saturated rings. The van der Waals surface area contributed by atoms with Crippen LogP contribution in [0.3, 0.4) is 0 Å². The number of hydrogen-bond acceptors (Lipinski definition) is 2. The van der Waals surface area contributed by atoms with Crippen molar-refractivity contribution in [2.24, 2.45) is 0 Å². The SMILES string of the molecule is CC(C)O[C@@H]1C=CC[C@@H](CI)O1. The fourth-order valence-corrected chi connectivity index (χ4v) is 1.64. The Hall–Kier alpha value is 0.390. The van der Waals surface area contributed by atoms with Crippen LogP contribution in [0.1, 0.15) is 20.3 Å². The maximum Gasteiger partial charge on any atom is 0.177 e. The second-order valence-corrected chi connectivity index (χ2v) is 4.01. The van der Waals surface area contributed by atoms with Crippen LogP contribution in [0.15, 0.2) is 12.2 Å². The second kappa shape index (κ2) is 5.19. The van der Waals surface area contributed by atoms with Crippen molar-refractivity contribution in [3.8, 4) is 0 Å². The van der Waals surface area contributed by atoms with Crippen molar-refractivity contribution < 1.29 is 9.47 Å². The molecule has 2 nitrogen and oxygen atoms in total. The van der Waals surface area contributed by atoms with Gasteiger partial charge >= 0.3 is 0 Å². The fraction of sp³-hybridized carbons (Fsp3) is 0.778. The molecule has 0 aromatic rings. The standard InChI is InChI=1S/C9H15IO2/c1-7(2)11-9-5-3-4-8(6-10)12-9/h3,5,7-9H,4,6H2,1-2H3/t8-,9-/m0/s1. The Morgan fingerprint density at radius 1 is 1.67 bits per heavy atom. The monoisotopic (exact) mass is 282 g/mol. The van der Waals surface area contributed by atoms with Gasteiger partial charge in [0.05, 0.1) is 12.2 Å². The van der Waals surface area contributed by atoms with E-state index in [9.17, 15) is 0 Å². The summed E-state index contributed by atoms with van der Waals surface area (Å²) in [5.74, 6) is 0. The van der Waals surface area contributed by atoms with Crippen LogP contribution in [0.25, 0.3) is 0 Å². The highest BCUT2D eigenvalue weighted by Gasteiger charge is 2.17. The van der Waals surface area contributed by atoms with Gasteiger partial charge < -0.3 is 9.47 Å². The molecule has 3 heteroatoms. The van der Waals surface area contributed by atoms with Crippen LogP contribution in [0.5, 0.6) is 0 Å². The lowest BCUT2D eigenvalue weighted by molar-refractivity contribution is -0.159. The molecule has 1 heterocycles. The van der Waals surface area contributed by atoms with Crippen molar-refractivity contribution in [2.45, 2.75) is 38.8 Å². The molecule has 0 amide bonds. The summed E-state index contributed by atoms with van der Waals surface area (Å²) in [7, 11) is 0. The molecule has 0 radical (unpaired) electrons. The summed E-state index contributed by atoms with van der Waals surface area (Å²) in [6.07, 6.45) is 5.58. The number of rotatable bonds is 3. The van der Waals surface area contributed by atoms with Gasteiger partial charge in [-0.15, -0.1) is 0 Å². The van der Waals surface area contributed by atoms with E-state index in [1.807, 2.05) is 19.9 Å². The molecule has 0 saturated carbocycles. The summed E-state index contributed by atoms with van der Waals surface area (Å²) >= 11 is 2.34. The second-order valence-electron chi connectivity index (χ2n) is 3.13. The third-order valence-electron chi connectivity index (χ3n) is 1.60. The van der Waals surface area contributed by atoms with Crippen molar-refractivity contribution in [3.05, 3.63) is 12.2 Å². The Morgan fingerprint density at radius 2 is 2.42 bits per heavy atom. The zero-order chi connectivity index (χ0) is 8.97. The van der Waals surface area contributed by atoms with Gasteiger partial charge in [0.2, 0.25) is 0 Å². The molecular weight excluding hydrogens is 267 g/mol. The number of ether oxygens (including phenoxy) is 2. The first kappa shape index (κ1) is 10.5. The van der Waals surface area contributed by atoms with Gasteiger partial charge in [-0.05, 0) is 26.3 Å². The highest BCUT2D eigenvalue weighted by atomic mass is 127. The lowest BCUT2D eigenvalue weighted by Crippen LogP contribution is -2.29. The molecule has 0 bridgehead atoms. The van der Waals surface area contributed by atoms with Gasteiger partial charge in [0.15, 0.2) is 6.29 Å². The first-order chi connectivity index (χ1) is 5.72. The molecule has 1 aliphatic rings. The van der Waals surface area contributed by atoms with Crippen LogP contribution in [0.2, 0.25) is 0 Å². The molecule has 70 valence electrons. The topological polar surface area (TPSA) is 18.5 Å². The zero-order valence-electron chi connectivity index (χ0n) is 7.50. The van der Waals surface area contributed by atoms with Gasteiger partial charge in [-0.3, -0.25) is 0 Å². The van der Waals surface area contributed by atoms with E-state index in [-0.39, 0.29) is 12.4 Å². The lowest BCUT2D eigenvalue weighted by atomic mass is 10.2. The van der Waals surface area contributed by atoms with Crippen LogP contribution >= 0.6 is 22.6 Å². The molecule has 0 aliphatic carbocycles. The molecular formula is C9H15IO2. The van der Waals surface area contributed by atoms with Crippen molar-refractivity contribution >= 4 is 22.6 Å². The minimum atomic E-state index is -0.126. The van der Waals surface area contributed by atoms with Crippen LogP contribution in [-0.2, 0) is 9.47 Å². The van der Waals surface area contributed by atoms with Crippen molar-refractivity contribution in [1.82, 2.24) is 0 Å². The number of alkyl halides is 1. The Bertz CT molecular complexity index is 157. The molecule has 0 aromatic heterocycles. The minimum Gasteiger partial charge on any atom is -0.346 e. The lowest BCUT2D eigenvalue weighted by Gasteiger charge is -2.25. The molecule has 0 aromatic carbocycles. The average Bonchev–Trinajstić information content (AvgIpc) is 2.03. The Kier molecular flexibility index (Phi) is 4.53. The van der Waals surface area contributed by atoms with Crippen LogP contribution in [0.4, 0.5) is 0 Å². The predicted molar refractivity (Wildman–Crippen MR) is 57.5 cm³/mol. The Labute approximate surface area is 87.5 Å². The van der Waals surface area contributed by atoms with E-state index < -0.39 is 0 Å². The van der Waals surface area contributed by atoms with E-state index in [1.54, 1.807) is 0 Å². The third kappa shape index (κ3) is 3.41. The Morgan fingerprint density at radius 3 is 3.00 bits per heavy atom. The third-order valence-corrected chi connectivity index (χ3v) is 2.58. The molecule has 0 unspecified atom stereocenters. The normalized spacial score (nSPS) is 29.7. The molecule has 2 atom stereocenters. The van der Waals surface area contributed by atoms with Crippen LogP contribution in [0, 0.1) is 0 Å². The molecule has 12 heavy (non-hydrogen) atoms. The van der Waals surface area contributed by atoms with Gasteiger partial charge in [-0.2, -0.15) is 0 Å². The average molecular weight is 282 g/mol. The largest absolute Gasteiger partial charge is 0.346 e. The van der Waals surface area contributed by atoms with Crippen molar-refractivity contribution in [1.29, 1.82) is 0 Å². The van der Waals surface area contributed by atoms with E-state index in [2.05, 4.69) is 28.7 Å². The van der Waals surface area contributed by atoms with Crippen LogP contribution in [-0.4, -0.2) is 22.9 Å². The molecule has 0 saturated heterocycles. The molecule has 0 N–H and O–H groups in total. The number of hydrogen-bond donors (Lipinski definition) is 0. The smallest absolute Gasteiger partial charge is 0.177 e. The van der Waals surface area contributed by atoms with E-state index >= 15 is 0 Å². The summed E-state index contributed by atoms with van der Waals surface area (Å²) in [6.45, 7) is 4.04. The summed E-state index contributed by atoms with van der Waals surface area (Å²) in [6, 6.07) is 0. The summed E-state index contributed by atoms with van der Waals surface area (Å²) < 4.78 is 12.2. The van der Waals surface area contributed by atoms with E-state index in [4.69, 9.17) is 9.47 Å². The fourth-order valence-electron chi connectivity index (χ4n) is 1.08. The highest BCUT2D eigenvalue weighted by molar-refractivity contribution is 14.1. The zero-order valence-corrected chi connectivity index (χ0v) is 9.65. The van der Waals surface area contributed by atoms with Crippen molar-refractivity contribution in [2.75, 3.05) is 4.43 Å². The summed E-state index contributed by atoms with van der Waals surface area (Å²) in [5.41, 5.74) is 0. The minimum absolute atomic E-state index is 0.126. The number of halogens is 1. The van der Waals surface area contributed by atoms with Gasteiger partial charge in [-0.25, -0.2) is 0 Å². The van der Waals surface area contributed by atoms with Gasteiger partial charge in [0.25, 0.3) is 0 Å². The van der Waals surface area contributed by atoms with E-state index in [0.29, 0.717) is 6.10 Å². The summed E-state index contributed by atoms with van der Waals surface area (Å²) in [5, 5.41) is 0. The summed E-state index contributed by atoms with van der Waals surface area (Å²) in [4.78, 5) is 0. The Balaban J connectivity index is 2.35. The first-order valence-electron chi connectivity index (χ1n) is 4.26. The van der Waals surface area contributed by atoms with Gasteiger partial charge in [0, 0.05) is 4.43 Å². The first-order valence-corrected chi connectivity index (χ1v) is 5.78. The maximum absolute atomic E-state index is 5.63. The highest BCUT2D eigenvalue weighted by Crippen LogP contribution is 2.16. The maximum atomic E-state index is 5.63. The van der Waals surface area contributed by atoms with Crippen molar-refractivity contribution in [3.63, 3.8) is 0 Å².